The van der Waals surface area contributed by atoms with Gasteiger partial charge >= 0.3 is 6.09 Å². The van der Waals surface area contributed by atoms with Crippen molar-refractivity contribution in [1.29, 1.82) is 0 Å². The maximum atomic E-state index is 14.2. The van der Waals surface area contributed by atoms with Crippen LogP contribution in [0.4, 0.5) is 4.79 Å². The second kappa shape index (κ2) is 52.1. The number of allylic oxidation sites excluding steroid dienone is 8. The monoisotopic (exact) mass is 1620 g/mol. The summed E-state index contributed by atoms with van der Waals surface area (Å²) < 4.78 is 15.7. The van der Waals surface area contributed by atoms with Crippen LogP contribution in [0.5, 0.6) is 0 Å². The SMILES string of the molecule is CC1=C(C)C(=O)C(CCC(=O)NCCCC[C@H](CC(=O)[C@@H]2CCCN2C(=O)[C@H](/C=C/[C@@H](C)CC(C)C)Cc2ccccc2)C(=O)NC(C)C)=C(C)C1=O.COC1=C(OC)C(=O)C(CCCCCCCCCCOC(=O)NCCCC[C@H](CC(=O)[C@@H]2CCCN2C(=O)[C@H](/C=C/[C@@H](C)CC(C)C)Cc2ccccc2)C(=O)NC(C)C)=C(C)C1=O. The van der Waals surface area contributed by atoms with E-state index in [2.05, 4.69) is 75.0 Å². The largest absolute Gasteiger partial charge is 0.489 e. The minimum atomic E-state index is -0.552. The number of hydrogen-bond donors (Lipinski definition) is 4. The van der Waals surface area contributed by atoms with Gasteiger partial charge in [-0.25, -0.2) is 4.79 Å². The molecule has 2 aliphatic carbocycles. The van der Waals surface area contributed by atoms with Crippen molar-refractivity contribution >= 4 is 70.3 Å². The lowest BCUT2D eigenvalue weighted by molar-refractivity contribution is -0.140. The number of Topliss-reactive ketones (excluding diaryl/α,β-unsaturated/α-hetero) is 6. The highest BCUT2D eigenvalue weighted by Crippen LogP contribution is 2.33. The lowest BCUT2D eigenvalue weighted by atomic mass is 9.84. The van der Waals surface area contributed by atoms with Gasteiger partial charge in [-0.15, -0.1) is 0 Å². The van der Waals surface area contributed by atoms with Gasteiger partial charge in [-0.05, 0) is 193 Å². The van der Waals surface area contributed by atoms with E-state index in [1.807, 2.05) is 101 Å². The van der Waals surface area contributed by atoms with Gasteiger partial charge in [0, 0.05) is 103 Å². The lowest BCUT2D eigenvalue weighted by Crippen LogP contribution is -2.45. The number of alkyl carbamates (subject to hydrolysis) is 1. The number of rotatable bonds is 50. The fourth-order valence-electron chi connectivity index (χ4n) is 16.3. The number of nitrogens with zero attached hydrogens (tertiary/aromatic N) is 2. The molecule has 2 aliphatic heterocycles. The van der Waals surface area contributed by atoms with Crippen LogP contribution in [0.2, 0.25) is 0 Å². The molecule has 0 saturated carbocycles. The van der Waals surface area contributed by atoms with Crippen LogP contribution in [0.1, 0.15) is 269 Å². The van der Waals surface area contributed by atoms with E-state index < -0.39 is 30.0 Å². The zero-order valence-electron chi connectivity index (χ0n) is 73.7. The van der Waals surface area contributed by atoms with Crippen LogP contribution in [0.3, 0.4) is 0 Å². The summed E-state index contributed by atoms with van der Waals surface area (Å²) in [7, 11) is 2.73. The Hall–Kier alpha value is -8.88. The molecule has 2 aromatic carbocycles. The molecule has 4 N–H and O–H groups in total. The molecule has 2 fully saturated rings. The molecule has 0 radical (unpaired) electrons. The molecule has 0 bridgehead atoms. The van der Waals surface area contributed by atoms with Gasteiger partial charge in [0.2, 0.25) is 52.6 Å². The number of likely N-dealkylation sites (tertiary alicyclic amines) is 2. The molecule has 2 heterocycles. The molecule has 117 heavy (non-hydrogen) atoms. The van der Waals surface area contributed by atoms with E-state index in [0.717, 1.165) is 88.2 Å². The number of hydrogen-bond acceptors (Lipinski definition) is 15. The standard InChI is InChI=1S/C52H79N3O9.C44H63N3O6/c1-36(2)33-38(5)28-29-42(34-40-23-16-15-17-24-40)51(60)55-31-22-27-44(55)45(56)35-41(50(59)54-37(3)4)25-19-20-30-53-52(61)64-32-21-14-12-10-9-11-13-18-26-43-39(6)46(57)48(62-7)49(63-8)47(43)58;1-28(2)25-30(5)19-20-36(26-34-15-10-9-11-16-34)44(53)47-24-14-18-38(47)39(48)27-35(43(52)46-29(3)4)17-12-13-23-45-40(49)22-21-37-33(8)41(50)31(6)32(7)42(37)51/h15-17,23-24,28-29,36-38,41-42,44H,9-14,18-22,25-27,30-35H2,1-8H3,(H,53,61)(H,54,59);9-11,15-16,19-20,28-30,35-36,38H,12-14,17-18,21-27H2,1-8H3,(H,45,49)(H,46,52)/b29-28+;20-19+/t38-,41-,42-,44+;30-,35-,36-,38+/m11/s1. The van der Waals surface area contributed by atoms with Crippen molar-refractivity contribution in [2.75, 3.05) is 47.0 Å². The van der Waals surface area contributed by atoms with Crippen LogP contribution in [-0.4, -0.2) is 151 Å². The first kappa shape index (κ1) is 98.7. The van der Waals surface area contributed by atoms with Crippen molar-refractivity contribution < 1.29 is 71.7 Å². The molecule has 2 saturated heterocycles. The lowest BCUT2D eigenvalue weighted by Gasteiger charge is -2.28. The number of unbranched alkanes of at least 4 members (excludes halogenated alkanes) is 9. The number of methoxy groups -OCH3 is 2. The molecule has 6 amide bonds. The van der Waals surface area contributed by atoms with Crippen molar-refractivity contribution in [3.63, 3.8) is 0 Å². The fraction of sp³-hybridized carbons (Fsp3) is 0.625. The van der Waals surface area contributed by atoms with E-state index in [-0.39, 0.29) is 125 Å². The summed E-state index contributed by atoms with van der Waals surface area (Å²) in [5.74, 6) is -1.74. The Labute approximate surface area is 699 Å². The Kier molecular flexibility index (Phi) is 44.0. The van der Waals surface area contributed by atoms with E-state index in [4.69, 9.17) is 14.2 Å². The quantitative estimate of drug-likeness (QED) is 0.0272. The summed E-state index contributed by atoms with van der Waals surface area (Å²) in [6, 6.07) is 18.7. The second-order valence-corrected chi connectivity index (χ2v) is 34.3. The number of carbonyl (C=O) groups is 12. The Morgan fingerprint density at radius 2 is 0.872 bits per heavy atom. The highest BCUT2D eigenvalue weighted by molar-refractivity contribution is 6.25. The number of nitrogens with one attached hydrogen (secondary N) is 4. The van der Waals surface area contributed by atoms with Crippen LogP contribution in [-0.2, 0) is 79.8 Å². The van der Waals surface area contributed by atoms with Gasteiger partial charge in [0.05, 0.1) is 44.7 Å². The van der Waals surface area contributed by atoms with Crippen molar-refractivity contribution in [3.05, 3.63) is 141 Å². The van der Waals surface area contributed by atoms with Gasteiger partial charge in [0.25, 0.3) is 0 Å². The normalized spacial score (nSPS) is 17.6. The number of carbonyl (C=O) groups excluding carboxylic acids is 12. The summed E-state index contributed by atoms with van der Waals surface area (Å²) in [6.07, 6.45) is 26.0. The van der Waals surface area contributed by atoms with Gasteiger partial charge < -0.3 is 45.3 Å². The maximum absolute atomic E-state index is 14.2. The highest BCUT2D eigenvalue weighted by Gasteiger charge is 2.41. The molecule has 21 heteroatoms. The summed E-state index contributed by atoms with van der Waals surface area (Å²) in [5.41, 5.74) is 4.79. The van der Waals surface area contributed by atoms with E-state index in [0.29, 0.717) is 161 Å². The van der Waals surface area contributed by atoms with E-state index in [1.54, 1.807) is 37.5 Å². The number of ketones is 6. The highest BCUT2D eigenvalue weighted by atomic mass is 16.5. The van der Waals surface area contributed by atoms with Crippen LogP contribution >= 0.6 is 0 Å². The van der Waals surface area contributed by atoms with E-state index in [1.165, 1.54) is 14.2 Å². The number of ether oxygens (including phenoxy) is 3. The summed E-state index contributed by atoms with van der Waals surface area (Å²) >= 11 is 0. The van der Waals surface area contributed by atoms with Gasteiger partial charge in [0.15, 0.2) is 23.1 Å². The molecule has 646 valence electrons. The molecule has 8 atom stereocenters. The Balaban J connectivity index is 0.000000424. The number of benzene rings is 2. The topological polar surface area (TPSA) is 287 Å². The Morgan fingerprint density at radius 3 is 1.32 bits per heavy atom. The van der Waals surface area contributed by atoms with Gasteiger partial charge in [-0.1, -0.05) is 178 Å². The summed E-state index contributed by atoms with van der Waals surface area (Å²) in [6.45, 7) is 29.5. The van der Waals surface area contributed by atoms with Gasteiger partial charge in [0.1, 0.15) is 0 Å². The Bertz CT molecular complexity index is 3820. The average molecular weight is 1620 g/mol. The molecule has 0 aromatic heterocycles. The van der Waals surface area contributed by atoms with E-state index in [9.17, 15) is 57.5 Å². The maximum Gasteiger partial charge on any atom is 0.407 e. The third-order valence-electron chi connectivity index (χ3n) is 22.7. The molecule has 21 nitrogen and oxygen atoms in total. The molecular formula is C96H142N6O15. The fourth-order valence-corrected chi connectivity index (χ4v) is 16.3. The van der Waals surface area contributed by atoms with E-state index >= 15 is 0 Å². The predicted molar refractivity (Wildman–Crippen MR) is 461 cm³/mol. The first-order valence-electron chi connectivity index (χ1n) is 43.7. The summed E-state index contributed by atoms with van der Waals surface area (Å²) in [5, 5.41) is 11.7. The molecule has 6 rings (SSSR count). The van der Waals surface area contributed by atoms with Gasteiger partial charge in [-0.3, -0.25) is 52.7 Å². The van der Waals surface area contributed by atoms with Crippen molar-refractivity contribution in [3.8, 4) is 0 Å². The summed E-state index contributed by atoms with van der Waals surface area (Å²) in [4.78, 5) is 162. The first-order valence-corrected chi connectivity index (χ1v) is 43.7. The Morgan fingerprint density at radius 1 is 0.462 bits per heavy atom. The molecule has 4 aliphatic rings. The van der Waals surface area contributed by atoms with Crippen LogP contribution < -0.4 is 21.3 Å². The molecule has 2 aromatic rings. The average Bonchev–Trinajstić information content (AvgIpc) is 1.43. The zero-order chi connectivity index (χ0) is 86.3. The van der Waals surface area contributed by atoms with Crippen LogP contribution in [0.15, 0.2) is 130 Å². The molecule has 0 unspecified atom stereocenters. The van der Waals surface area contributed by atoms with Crippen molar-refractivity contribution in [2.24, 2.45) is 47.3 Å². The van der Waals surface area contributed by atoms with Gasteiger partial charge in [-0.2, -0.15) is 0 Å². The minimum absolute atomic E-state index is 0.0178. The third kappa shape index (κ3) is 33.4. The number of amides is 6. The third-order valence-corrected chi connectivity index (χ3v) is 22.7. The minimum Gasteiger partial charge on any atom is -0.489 e. The first-order chi connectivity index (χ1) is 55.8. The molecular weight excluding hydrogens is 1480 g/mol. The van der Waals surface area contributed by atoms with Crippen molar-refractivity contribution in [1.82, 2.24) is 31.1 Å². The second-order valence-electron chi connectivity index (χ2n) is 34.3. The van der Waals surface area contributed by atoms with Crippen LogP contribution in [0, 0.1) is 47.3 Å². The smallest absolute Gasteiger partial charge is 0.407 e. The predicted octanol–water partition coefficient (Wildman–Crippen LogP) is 16.6. The van der Waals surface area contributed by atoms with Crippen molar-refractivity contribution in [2.45, 2.75) is 294 Å². The molecule has 0 spiro atoms. The zero-order valence-corrected chi connectivity index (χ0v) is 73.7. The van der Waals surface area contributed by atoms with Crippen LogP contribution in [0.25, 0.3) is 0 Å².